The second-order valence-corrected chi connectivity index (χ2v) is 20.8. The number of benzene rings is 3. The van der Waals surface area contributed by atoms with Gasteiger partial charge in [0, 0.05) is 58.4 Å². The first-order chi connectivity index (χ1) is 34.0. The van der Waals surface area contributed by atoms with E-state index in [2.05, 4.69) is 59.9 Å². The van der Waals surface area contributed by atoms with Crippen LogP contribution >= 0.6 is 0 Å². The normalized spacial score (nSPS) is 32.0. The lowest BCUT2D eigenvalue weighted by Gasteiger charge is -2.62. The standard InChI is InChI=1S/C27H31N3O6.C27H31N3O5/c1-12-6-15-7-16-18(9-28)30-17(22(29(16)4)20(15)13(2)23(12)34-5)8-27(33)21(19(30)10-31)25-24(35-11-36-25)14(3)26(27)32;1-12-6-15-7-17-19(9-28)30-18(23(29(17)4)21(15)13(2)25(12)33-5)8-16-22(20(30)10-31)27-26(34-11-35-27)14(3)24(16)32/h6,16-19,22,31,33H,7-8,10-11H2,1-5H3;6,17-20,23,31-32H,7-8,10-11H2,1-5H3/t16-,17?,18-,19-,22-,27?;17-,18?,19-,20-,23-/m00/s1. The van der Waals surface area contributed by atoms with E-state index in [9.17, 15) is 35.7 Å². The van der Waals surface area contributed by atoms with Crippen molar-refractivity contribution in [1.82, 2.24) is 19.6 Å². The van der Waals surface area contributed by atoms with Crippen molar-refractivity contribution in [2.24, 2.45) is 0 Å². The van der Waals surface area contributed by atoms with Gasteiger partial charge >= 0.3 is 0 Å². The van der Waals surface area contributed by atoms with Crippen LogP contribution in [0.5, 0.6) is 28.7 Å². The highest BCUT2D eigenvalue weighted by Crippen LogP contribution is 2.59. The van der Waals surface area contributed by atoms with Gasteiger partial charge in [-0.2, -0.15) is 10.5 Å². The monoisotopic (exact) mass is 970 g/mol. The number of rotatable bonds is 4. The Labute approximate surface area is 413 Å². The van der Waals surface area contributed by atoms with E-state index in [4.69, 9.17) is 28.4 Å². The molecule has 3 aromatic rings. The number of carbonyl (C=O) groups excluding carboxylic acids is 1. The summed E-state index contributed by atoms with van der Waals surface area (Å²) in [5.41, 5.74) is 9.98. The first-order valence-corrected chi connectivity index (χ1v) is 24.5. The van der Waals surface area contributed by atoms with Crippen LogP contribution in [0, 0.1) is 57.3 Å². The van der Waals surface area contributed by atoms with Crippen molar-refractivity contribution < 1.29 is 53.6 Å². The first kappa shape index (κ1) is 47.4. The van der Waals surface area contributed by atoms with Crippen molar-refractivity contribution in [2.45, 2.75) is 133 Å². The number of likely N-dealkylation sites (N-methyl/N-ethyl adjacent to an activating group) is 2. The number of piperidine rings is 1. The largest absolute Gasteiger partial charge is 0.507 e. The number of hydrogen-bond acceptors (Lipinski definition) is 17. The number of carbonyl (C=O) groups is 1. The summed E-state index contributed by atoms with van der Waals surface area (Å²) in [5, 5.41) is 65.6. The molecule has 8 heterocycles. The fourth-order valence-electron chi connectivity index (χ4n) is 15.0. The molecule has 17 nitrogen and oxygen atoms in total. The summed E-state index contributed by atoms with van der Waals surface area (Å²) in [5.74, 6) is 3.22. The molecule has 3 unspecified atom stereocenters. The summed E-state index contributed by atoms with van der Waals surface area (Å²) < 4.78 is 34.4. The molecule has 11 atom stereocenters. The van der Waals surface area contributed by atoms with Crippen molar-refractivity contribution in [3.63, 3.8) is 0 Å². The Kier molecular flexibility index (Phi) is 11.3. The van der Waals surface area contributed by atoms with E-state index in [0.29, 0.717) is 52.6 Å². The van der Waals surface area contributed by atoms with Crippen LogP contribution in [0.2, 0.25) is 0 Å². The molecule has 0 saturated carbocycles. The minimum Gasteiger partial charge on any atom is -0.507 e. The van der Waals surface area contributed by atoms with E-state index in [1.807, 2.05) is 32.7 Å². The Morgan fingerprint density at radius 2 is 1.20 bits per heavy atom. The molecular weight excluding hydrogens is 909 g/mol. The Hall–Kier alpha value is -5.89. The Morgan fingerprint density at radius 1 is 0.690 bits per heavy atom. The van der Waals surface area contributed by atoms with E-state index in [1.54, 1.807) is 21.1 Å². The maximum atomic E-state index is 13.6. The summed E-state index contributed by atoms with van der Waals surface area (Å²) in [6, 6.07) is 6.27. The minimum atomic E-state index is -1.86. The van der Waals surface area contributed by atoms with Gasteiger partial charge in [-0.25, -0.2) is 0 Å². The number of aromatic hydroxyl groups is 1. The summed E-state index contributed by atoms with van der Waals surface area (Å²) in [4.78, 5) is 22.4. The van der Waals surface area contributed by atoms with Gasteiger partial charge in [0.15, 0.2) is 34.4 Å². The third-order valence-corrected chi connectivity index (χ3v) is 17.8. The smallest absolute Gasteiger partial charge is 0.231 e. The quantitative estimate of drug-likeness (QED) is 0.288. The molecule has 71 heavy (non-hydrogen) atoms. The van der Waals surface area contributed by atoms with Crippen LogP contribution in [0.3, 0.4) is 0 Å². The number of phenolic OH excluding ortho intramolecular Hbond substituents is 1. The zero-order valence-electron chi connectivity index (χ0n) is 41.9. The number of piperazine rings is 2. The molecule has 0 radical (unpaired) electrons. The number of nitrogens with zero attached hydrogens (tertiary/aromatic N) is 6. The molecule has 1 aliphatic carbocycles. The lowest BCUT2D eigenvalue weighted by atomic mass is 9.64. The fraction of sp³-hybridized carbons (Fsp3) is 0.537. The summed E-state index contributed by atoms with van der Waals surface area (Å²) >= 11 is 0. The second-order valence-electron chi connectivity index (χ2n) is 20.8. The van der Waals surface area contributed by atoms with Crippen LogP contribution < -0.4 is 18.9 Å². The van der Waals surface area contributed by atoms with Gasteiger partial charge < -0.3 is 48.8 Å². The Bertz CT molecular complexity index is 2970. The molecule has 9 aliphatic rings. The van der Waals surface area contributed by atoms with Crippen molar-refractivity contribution in [3.8, 4) is 40.9 Å². The average Bonchev–Trinajstić information content (AvgIpc) is 4.05. The molecule has 4 N–H and O–H groups in total. The molecule has 0 amide bonds. The number of aryl methyl sites for hydroxylation is 2. The minimum absolute atomic E-state index is 0.0184. The lowest BCUT2D eigenvalue weighted by Crippen LogP contribution is -2.74. The Morgan fingerprint density at radius 3 is 1.73 bits per heavy atom. The summed E-state index contributed by atoms with van der Waals surface area (Å²) in [6.07, 6.45) is 2.03. The predicted octanol–water partition coefficient (Wildman–Crippen LogP) is 4.22. The van der Waals surface area contributed by atoms with Crippen molar-refractivity contribution >= 4 is 5.78 Å². The maximum Gasteiger partial charge on any atom is 0.231 e. The Balaban J connectivity index is 0.000000154. The van der Waals surface area contributed by atoms with Crippen LogP contribution in [0.1, 0.15) is 92.7 Å². The van der Waals surface area contributed by atoms with Gasteiger partial charge in [0.1, 0.15) is 29.3 Å². The highest BCUT2D eigenvalue weighted by Gasteiger charge is 2.64. The number of aliphatic hydroxyl groups excluding tert-OH is 2. The highest BCUT2D eigenvalue weighted by atomic mass is 16.7. The molecule has 374 valence electrons. The predicted molar refractivity (Wildman–Crippen MR) is 256 cm³/mol. The highest BCUT2D eigenvalue weighted by molar-refractivity contribution is 6.06. The first-order valence-electron chi connectivity index (χ1n) is 24.5. The van der Waals surface area contributed by atoms with E-state index < -0.39 is 41.6 Å². The summed E-state index contributed by atoms with van der Waals surface area (Å²) in [6.45, 7) is 11.2. The van der Waals surface area contributed by atoms with Crippen molar-refractivity contribution in [1.29, 1.82) is 10.5 Å². The number of ether oxygens (including phenoxy) is 6. The van der Waals surface area contributed by atoms with Gasteiger partial charge in [-0.15, -0.1) is 0 Å². The number of hydrogen-bond donors (Lipinski definition) is 4. The number of phenols is 1. The maximum absolute atomic E-state index is 13.6. The van der Waals surface area contributed by atoms with Gasteiger partial charge in [-0.1, -0.05) is 12.1 Å². The number of nitriles is 2. The van der Waals surface area contributed by atoms with Crippen LogP contribution in [-0.4, -0.2) is 149 Å². The van der Waals surface area contributed by atoms with Gasteiger partial charge in [0.2, 0.25) is 13.6 Å². The van der Waals surface area contributed by atoms with Gasteiger partial charge in [0.05, 0.1) is 63.7 Å². The molecular formula is C54H62N6O11. The molecule has 3 aromatic carbocycles. The third kappa shape index (κ3) is 6.24. The number of fused-ring (bicyclic) bond motifs is 17. The van der Waals surface area contributed by atoms with E-state index in [-0.39, 0.29) is 69.2 Å². The summed E-state index contributed by atoms with van der Waals surface area (Å²) in [7, 11) is 7.48. The molecule has 0 spiro atoms. The third-order valence-electron chi connectivity index (χ3n) is 17.8. The number of Topliss-reactive ketones (excluding diaryl/α,β-unsaturated/α-hetero) is 1. The topological polar surface area (TPSA) is 214 Å². The van der Waals surface area contributed by atoms with Crippen LogP contribution in [0.15, 0.2) is 34.8 Å². The number of aliphatic hydroxyl groups is 3. The zero-order chi connectivity index (χ0) is 50.4. The van der Waals surface area contributed by atoms with Crippen LogP contribution in [0.4, 0.5) is 0 Å². The number of ketones is 1. The molecule has 4 fully saturated rings. The van der Waals surface area contributed by atoms with E-state index >= 15 is 0 Å². The second kappa shape index (κ2) is 16.8. The molecule has 17 heteroatoms. The zero-order valence-corrected chi connectivity index (χ0v) is 41.9. The van der Waals surface area contributed by atoms with Crippen LogP contribution in [-0.2, 0) is 33.5 Å². The van der Waals surface area contributed by atoms with Gasteiger partial charge in [0.25, 0.3) is 0 Å². The SMILES string of the molecule is COc1c(C)cc2c(c1C)[C@@H]1C3CC4(O)C(=O)C(C)=C5OCOC5=C4[C@H](CO)N3[C@@H](C#N)[C@H](C2)N1C.COc1c(C)cc2c(c1C)[C@@H]1C3Cc4c(O)c(C)c5c(c4[C@H](CO)N3[C@@H](C#N)[C@H](C2)N1C)OCO5. The molecule has 4 bridgehead atoms. The van der Waals surface area contributed by atoms with Gasteiger partial charge in [-0.3, -0.25) is 24.4 Å². The molecule has 12 rings (SSSR count). The van der Waals surface area contributed by atoms with E-state index in [1.165, 1.54) is 11.1 Å². The molecule has 0 aromatic heterocycles. The lowest BCUT2D eigenvalue weighted by molar-refractivity contribution is -0.150. The molecule has 8 aliphatic heterocycles. The van der Waals surface area contributed by atoms with Gasteiger partial charge in [-0.05, 0) is 119 Å². The number of methoxy groups -OCH3 is 2. The van der Waals surface area contributed by atoms with Crippen LogP contribution in [0.25, 0.3) is 0 Å². The van der Waals surface area contributed by atoms with E-state index in [0.717, 1.165) is 62.4 Å². The fourth-order valence-corrected chi connectivity index (χ4v) is 15.0. The average molecular weight is 971 g/mol. The van der Waals surface area contributed by atoms with Crippen molar-refractivity contribution in [2.75, 3.05) is 55.1 Å². The van der Waals surface area contributed by atoms with Crippen molar-refractivity contribution in [3.05, 3.63) is 96.0 Å². The molecule has 4 saturated heterocycles.